The highest BCUT2D eigenvalue weighted by atomic mass is 16.5. The molecule has 31 heavy (non-hydrogen) atoms. The Kier molecular flexibility index (Phi) is 5.46. The first-order chi connectivity index (χ1) is 14.9. The van der Waals surface area contributed by atoms with Crippen molar-refractivity contribution >= 4 is 22.6 Å². The lowest BCUT2D eigenvalue weighted by molar-refractivity contribution is -0.130. The number of hydrogen-bond donors (Lipinski definition) is 2. The van der Waals surface area contributed by atoms with Crippen molar-refractivity contribution in [3.05, 3.63) is 57.9 Å². The first-order valence-corrected chi connectivity index (χ1v) is 10.0. The van der Waals surface area contributed by atoms with E-state index >= 15 is 0 Å². The van der Waals surface area contributed by atoms with E-state index in [4.69, 9.17) is 9.15 Å². The Balaban J connectivity index is 1.48. The summed E-state index contributed by atoms with van der Waals surface area (Å²) in [5.74, 6) is 0.231. The van der Waals surface area contributed by atoms with Gasteiger partial charge in [0, 0.05) is 44.0 Å². The molecule has 0 aliphatic carbocycles. The van der Waals surface area contributed by atoms with Gasteiger partial charge in [0.05, 0.1) is 24.5 Å². The smallest absolute Gasteiger partial charge is 0.340 e. The minimum Gasteiger partial charge on any atom is -0.508 e. The van der Waals surface area contributed by atoms with E-state index < -0.39 is 5.63 Å². The molecular weight excluding hydrogens is 400 g/mol. The van der Waals surface area contributed by atoms with E-state index in [0.29, 0.717) is 37.1 Å². The minimum atomic E-state index is -0.639. The number of hydrogen-bond acceptors (Lipinski definition) is 7. The summed E-state index contributed by atoms with van der Waals surface area (Å²) in [6, 6.07) is 10.2. The summed E-state index contributed by atoms with van der Waals surface area (Å²) in [5, 5.41) is 20.1. The van der Waals surface area contributed by atoms with Gasteiger partial charge >= 0.3 is 5.63 Å². The van der Waals surface area contributed by atoms with Crippen LogP contribution in [0.1, 0.15) is 11.1 Å². The molecule has 2 aromatic carbocycles. The van der Waals surface area contributed by atoms with Crippen LogP contribution in [0, 0.1) is 6.92 Å². The minimum absolute atomic E-state index is 0.0873. The van der Waals surface area contributed by atoms with Crippen LogP contribution in [0.2, 0.25) is 0 Å². The number of phenols is 2. The summed E-state index contributed by atoms with van der Waals surface area (Å²) in [5.41, 5.74) is 1.22. The maximum absolute atomic E-state index is 12.9. The van der Waals surface area contributed by atoms with Crippen LogP contribution in [0.25, 0.3) is 11.0 Å². The number of amides is 1. The second-order valence-electron chi connectivity index (χ2n) is 7.57. The Labute approximate surface area is 178 Å². The molecule has 2 heterocycles. The van der Waals surface area contributed by atoms with Gasteiger partial charge in [0.2, 0.25) is 5.91 Å². The fraction of sp³-hybridized carbons (Fsp3) is 0.304. The average Bonchev–Trinajstić information content (AvgIpc) is 2.76. The maximum atomic E-state index is 12.9. The first-order valence-electron chi connectivity index (χ1n) is 10.0. The lowest BCUT2D eigenvalue weighted by Crippen LogP contribution is -2.49. The van der Waals surface area contributed by atoms with Gasteiger partial charge in [0.15, 0.2) is 0 Å². The molecule has 0 spiro atoms. The number of fused-ring (bicyclic) bond motifs is 1. The average molecular weight is 424 g/mol. The molecule has 0 radical (unpaired) electrons. The third-order valence-electron chi connectivity index (χ3n) is 5.74. The number of benzene rings is 2. The molecule has 0 unspecified atom stereocenters. The molecule has 0 bridgehead atoms. The van der Waals surface area contributed by atoms with Gasteiger partial charge in [-0.25, -0.2) is 4.79 Å². The van der Waals surface area contributed by atoms with E-state index in [1.807, 2.05) is 24.3 Å². The van der Waals surface area contributed by atoms with Crippen molar-refractivity contribution in [2.45, 2.75) is 13.3 Å². The molecule has 3 aromatic rings. The van der Waals surface area contributed by atoms with Gasteiger partial charge in [0.25, 0.3) is 0 Å². The van der Waals surface area contributed by atoms with E-state index in [1.54, 1.807) is 18.9 Å². The normalized spacial score (nSPS) is 14.1. The Bertz CT molecular complexity index is 1180. The lowest BCUT2D eigenvalue weighted by Gasteiger charge is -2.36. The number of nitrogens with zero attached hydrogens (tertiary/aromatic N) is 2. The summed E-state index contributed by atoms with van der Waals surface area (Å²) in [7, 11) is 1.63. The van der Waals surface area contributed by atoms with Crippen LogP contribution in [-0.4, -0.2) is 54.3 Å². The van der Waals surface area contributed by atoms with E-state index in [-0.39, 0.29) is 35.0 Å². The van der Waals surface area contributed by atoms with E-state index in [9.17, 15) is 19.8 Å². The predicted octanol–water partition coefficient (Wildman–Crippen LogP) is 2.41. The summed E-state index contributed by atoms with van der Waals surface area (Å²) in [4.78, 5) is 29.3. The summed E-state index contributed by atoms with van der Waals surface area (Å²) in [6.07, 6.45) is -0.104. The standard InChI is InChI=1S/C23H24N2O6/c1-14-18(23(29)31-20-12-16(26)11-19(27)22(14)20)13-21(28)25-9-7-24(8-10-25)15-3-5-17(30-2)6-4-15/h3-6,11-12,26-27H,7-10,13H2,1-2H3. The molecule has 2 N–H and O–H groups in total. The number of carbonyl (C=O) groups is 1. The number of phenolic OH excluding ortho intramolecular Hbond substituents is 2. The molecule has 1 aliphatic heterocycles. The largest absolute Gasteiger partial charge is 0.508 e. The topological polar surface area (TPSA) is 103 Å². The fourth-order valence-electron chi connectivity index (χ4n) is 3.98. The number of methoxy groups -OCH3 is 1. The highest BCUT2D eigenvalue weighted by molar-refractivity contribution is 5.90. The van der Waals surface area contributed by atoms with Gasteiger partial charge in [0.1, 0.15) is 22.8 Å². The van der Waals surface area contributed by atoms with Crippen molar-refractivity contribution in [1.82, 2.24) is 4.90 Å². The third-order valence-corrected chi connectivity index (χ3v) is 5.74. The molecule has 1 fully saturated rings. The van der Waals surface area contributed by atoms with Crippen molar-refractivity contribution < 1.29 is 24.2 Å². The third kappa shape index (κ3) is 4.01. The van der Waals surface area contributed by atoms with Gasteiger partial charge in [-0.1, -0.05) is 0 Å². The quantitative estimate of drug-likeness (QED) is 0.620. The predicted molar refractivity (Wildman–Crippen MR) is 116 cm³/mol. The zero-order valence-corrected chi connectivity index (χ0v) is 17.4. The van der Waals surface area contributed by atoms with Crippen LogP contribution in [0.15, 0.2) is 45.6 Å². The molecule has 4 rings (SSSR count). The molecule has 162 valence electrons. The lowest BCUT2D eigenvalue weighted by atomic mass is 10.0. The maximum Gasteiger partial charge on any atom is 0.340 e. The van der Waals surface area contributed by atoms with Gasteiger partial charge in [-0.05, 0) is 36.8 Å². The van der Waals surface area contributed by atoms with Gasteiger partial charge in [-0.15, -0.1) is 0 Å². The van der Waals surface area contributed by atoms with Crippen LogP contribution < -0.4 is 15.3 Å². The monoisotopic (exact) mass is 424 g/mol. The second kappa shape index (κ2) is 8.22. The van der Waals surface area contributed by atoms with E-state index in [0.717, 1.165) is 11.4 Å². The molecule has 8 heteroatoms. The van der Waals surface area contributed by atoms with Crippen LogP contribution in [0.4, 0.5) is 5.69 Å². The first kappa shape index (κ1) is 20.6. The Morgan fingerprint density at radius 2 is 1.77 bits per heavy atom. The van der Waals surface area contributed by atoms with Gasteiger partial charge in [-0.3, -0.25) is 4.79 Å². The van der Waals surface area contributed by atoms with Crippen LogP contribution in [-0.2, 0) is 11.2 Å². The Morgan fingerprint density at radius 1 is 1.10 bits per heavy atom. The van der Waals surface area contributed by atoms with Crippen LogP contribution in [0.3, 0.4) is 0 Å². The summed E-state index contributed by atoms with van der Waals surface area (Å²) in [6.45, 7) is 4.12. The molecule has 0 atom stereocenters. The number of anilines is 1. The molecule has 8 nitrogen and oxygen atoms in total. The molecular formula is C23H24N2O6. The number of piperazine rings is 1. The van der Waals surface area contributed by atoms with E-state index in [2.05, 4.69) is 4.90 Å². The van der Waals surface area contributed by atoms with E-state index in [1.165, 1.54) is 12.1 Å². The number of aryl methyl sites for hydroxylation is 1. The molecule has 0 saturated carbocycles. The van der Waals surface area contributed by atoms with Crippen molar-refractivity contribution in [3.8, 4) is 17.2 Å². The van der Waals surface area contributed by atoms with Crippen molar-refractivity contribution in [3.63, 3.8) is 0 Å². The number of carbonyl (C=O) groups excluding carboxylic acids is 1. The Hall–Kier alpha value is -3.68. The number of aromatic hydroxyl groups is 2. The molecule has 1 aromatic heterocycles. The summed E-state index contributed by atoms with van der Waals surface area (Å²) >= 11 is 0. The van der Waals surface area contributed by atoms with Crippen molar-refractivity contribution in [2.75, 3.05) is 38.2 Å². The van der Waals surface area contributed by atoms with Gasteiger partial charge < -0.3 is 29.2 Å². The van der Waals surface area contributed by atoms with Crippen molar-refractivity contribution in [2.24, 2.45) is 0 Å². The van der Waals surface area contributed by atoms with Crippen LogP contribution >= 0.6 is 0 Å². The molecule has 1 saturated heterocycles. The van der Waals surface area contributed by atoms with Gasteiger partial charge in [-0.2, -0.15) is 0 Å². The zero-order valence-electron chi connectivity index (χ0n) is 17.4. The number of ether oxygens (including phenoxy) is 1. The highest BCUT2D eigenvalue weighted by Gasteiger charge is 2.24. The molecule has 1 aliphatic rings. The Morgan fingerprint density at radius 3 is 2.42 bits per heavy atom. The number of rotatable bonds is 4. The van der Waals surface area contributed by atoms with Crippen LogP contribution in [0.5, 0.6) is 17.2 Å². The van der Waals surface area contributed by atoms with Crippen molar-refractivity contribution in [1.29, 1.82) is 0 Å². The highest BCUT2D eigenvalue weighted by Crippen LogP contribution is 2.32. The second-order valence-corrected chi connectivity index (χ2v) is 7.57. The SMILES string of the molecule is COc1ccc(N2CCN(C(=O)Cc3c(C)c4c(O)cc(O)cc4oc3=O)CC2)cc1. The fourth-order valence-corrected chi connectivity index (χ4v) is 3.98. The molecule has 1 amide bonds. The zero-order chi connectivity index (χ0) is 22.1. The summed E-state index contributed by atoms with van der Waals surface area (Å²) < 4.78 is 10.4.